The molecule has 1 heterocycles. The van der Waals surface area contributed by atoms with Crippen LogP contribution in [-0.4, -0.2) is 20.6 Å². The van der Waals surface area contributed by atoms with Gasteiger partial charge in [0, 0.05) is 11.8 Å². The van der Waals surface area contributed by atoms with E-state index in [9.17, 15) is 9.59 Å². The molecule has 108 valence electrons. The molecule has 3 rings (SSSR count). The lowest BCUT2D eigenvalue weighted by Gasteiger charge is -2.12. The van der Waals surface area contributed by atoms with Crippen LogP contribution >= 0.6 is 0 Å². The third-order valence-electron chi connectivity index (χ3n) is 3.24. The van der Waals surface area contributed by atoms with Gasteiger partial charge in [-0.15, -0.1) is 0 Å². The highest BCUT2D eigenvalue weighted by Gasteiger charge is 2.17. The van der Waals surface area contributed by atoms with E-state index in [1.807, 2.05) is 36.4 Å². The van der Waals surface area contributed by atoms with Crippen LogP contribution in [0.15, 0.2) is 71.7 Å². The Kier molecular flexibility index (Phi) is 3.53. The lowest BCUT2D eigenvalue weighted by atomic mass is 10.2. The van der Waals surface area contributed by atoms with Crippen LogP contribution in [0.2, 0.25) is 0 Å². The molecule has 0 aliphatic rings. The Morgan fingerprint density at radius 2 is 1.55 bits per heavy atom. The highest BCUT2D eigenvalue weighted by Crippen LogP contribution is 2.18. The van der Waals surface area contributed by atoms with Gasteiger partial charge in [-0.2, -0.15) is 0 Å². The van der Waals surface area contributed by atoms with Gasteiger partial charge in [-0.1, -0.05) is 48.5 Å². The van der Waals surface area contributed by atoms with Gasteiger partial charge in [-0.25, -0.2) is 9.78 Å². The van der Waals surface area contributed by atoms with Gasteiger partial charge in [0.1, 0.15) is 11.4 Å². The molecule has 0 fully saturated rings. The van der Waals surface area contributed by atoms with E-state index in [4.69, 9.17) is 5.11 Å². The summed E-state index contributed by atoms with van der Waals surface area (Å²) in [6, 6.07) is 18.0. The first kappa shape index (κ1) is 13.8. The van der Waals surface area contributed by atoms with E-state index in [0.29, 0.717) is 11.5 Å². The SMILES string of the molecule is O=C(O)c1cnc(-c2ccccc2)n(-c2ccccc2)c1=O. The zero-order valence-electron chi connectivity index (χ0n) is 11.5. The molecule has 0 aliphatic carbocycles. The Labute approximate surface area is 126 Å². The number of rotatable bonds is 3. The largest absolute Gasteiger partial charge is 0.477 e. The normalized spacial score (nSPS) is 10.4. The fourth-order valence-electron chi connectivity index (χ4n) is 2.21. The van der Waals surface area contributed by atoms with Gasteiger partial charge in [0.2, 0.25) is 0 Å². The first-order valence-electron chi connectivity index (χ1n) is 6.64. The lowest BCUT2D eigenvalue weighted by Crippen LogP contribution is -2.27. The van der Waals surface area contributed by atoms with E-state index in [2.05, 4.69) is 4.98 Å². The molecular weight excluding hydrogens is 280 g/mol. The van der Waals surface area contributed by atoms with Crippen molar-refractivity contribution < 1.29 is 9.90 Å². The Morgan fingerprint density at radius 1 is 0.955 bits per heavy atom. The molecule has 0 amide bonds. The second kappa shape index (κ2) is 5.65. The number of para-hydroxylation sites is 1. The molecule has 0 atom stereocenters. The molecule has 3 aromatic rings. The summed E-state index contributed by atoms with van der Waals surface area (Å²) in [5.74, 6) is -0.886. The van der Waals surface area contributed by atoms with Gasteiger partial charge in [0.15, 0.2) is 0 Å². The molecule has 5 heteroatoms. The summed E-state index contributed by atoms with van der Waals surface area (Å²) in [4.78, 5) is 27.9. The summed E-state index contributed by atoms with van der Waals surface area (Å²) in [5, 5.41) is 9.15. The number of hydrogen-bond acceptors (Lipinski definition) is 3. The summed E-state index contributed by atoms with van der Waals surface area (Å²) < 4.78 is 1.32. The molecule has 5 nitrogen and oxygen atoms in total. The minimum Gasteiger partial charge on any atom is -0.477 e. The van der Waals surface area contributed by atoms with Crippen molar-refractivity contribution in [3.8, 4) is 17.1 Å². The van der Waals surface area contributed by atoms with Crippen molar-refractivity contribution in [3.63, 3.8) is 0 Å². The average molecular weight is 292 g/mol. The molecule has 0 unspecified atom stereocenters. The minimum absolute atomic E-state index is 0.358. The maximum absolute atomic E-state index is 12.5. The fourth-order valence-corrected chi connectivity index (χ4v) is 2.21. The van der Waals surface area contributed by atoms with Crippen molar-refractivity contribution in [2.75, 3.05) is 0 Å². The molecule has 0 aliphatic heterocycles. The number of aromatic nitrogens is 2. The monoisotopic (exact) mass is 292 g/mol. The topological polar surface area (TPSA) is 72.2 Å². The molecule has 0 saturated heterocycles. The van der Waals surface area contributed by atoms with Crippen LogP contribution in [0.4, 0.5) is 0 Å². The summed E-state index contributed by atoms with van der Waals surface area (Å²) >= 11 is 0. The Bertz CT molecular complexity index is 871. The minimum atomic E-state index is -1.29. The van der Waals surface area contributed by atoms with Gasteiger partial charge < -0.3 is 5.11 Å². The summed E-state index contributed by atoms with van der Waals surface area (Å²) in [6.07, 6.45) is 1.10. The van der Waals surface area contributed by atoms with Crippen LogP contribution in [0, 0.1) is 0 Å². The second-order valence-electron chi connectivity index (χ2n) is 4.64. The van der Waals surface area contributed by atoms with Crippen LogP contribution in [-0.2, 0) is 0 Å². The van der Waals surface area contributed by atoms with E-state index in [1.54, 1.807) is 24.3 Å². The van der Waals surface area contributed by atoms with Crippen LogP contribution in [0.3, 0.4) is 0 Å². The molecule has 0 bridgehead atoms. The number of benzene rings is 2. The molecular formula is C17H12N2O3. The van der Waals surface area contributed by atoms with Crippen LogP contribution < -0.4 is 5.56 Å². The lowest BCUT2D eigenvalue weighted by molar-refractivity contribution is 0.0694. The van der Waals surface area contributed by atoms with E-state index in [-0.39, 0.29) is 5.56 Å². The number of nitrogens with zero attached hydrogens (tertiary/aromatic N) is 2. The predicted octanol–water partition coefficient (Wildman–Crippen LogP) is 2.60. The van der Waals surface area contributed by atoms with Crippen LogP contribution in [0.5, 0.6) is 0 Å². The average Bonchev–Trinajstić information content (AvgIpc) is 2.55. The molecule has 1 aromatic heterocycles. The number of carbonyl (C=O) groups is 1. The summed E-state index contributed by atoms with van der Waals surface area (Å²) in [7, 11) is 0. The number of hydrogen-bond donors (Lipinski definition) is 1. The van der Waals surface area contributed by atoms with Gasteiger partial charge in [0.25, 0.3) is 5.56 Å². The van der Waals surface area contributed by atoms with Crippen molar-refractivity contribution in [1.82, 2.24) is 9.55 Å². The third-order valence-corrected chi connectivity index (χ3v) is 3.24. The van der Waals surface area contributed by atoms with E-state index < -0.39 is 11.5 Å². The maximum atomic E-state index is 12.5. The van der Waals surface area contributed by atoms with Gasteiger partial charge >= 0.3 is 5.97 Å². The van der Waals surface area contributed by atoms with Crippen molar-refractivity contribution in [3.05, 3.63) is 82.8 Å². The van der Waals surface area contributed by atoms with E-state index in [0.717, 1.165) is 11.8 Å². The van der Waals surface area contributed by atoms with Crippen molar-refractivity contribution in [2.24, 2.45) is 0 Å². The zero-order valence-corrected chi connectivity index (χ0v) is 11.5. The summed E-state index contributed by atoms with van der Waals surface area (Å²) in [6.45, 7) is 0. The van der Waals surface area contributed by atoms with Crippen molar-refractivity contribution in [1.29, 1.82) is 0 Å². The quantitative estimate of drug-likeness (QED) is 0.805. The maximum Gasteiger partial charge on any atom is 0.342 e. The van der Waals surface area contributed by atoms with Gasteiger partial charge in [0.05, 0.1) is 5.69 Å². The first-order chi connectivity index (χ1) is 10.7. The molecule has 22 heavy (non-hydrogen) atoms. The fraction of sp³-hybridized carbons (Fsp3) is 0. The Morgan fingerprint density at radius 3 is 2.14 bits per heavy atom. The summed E-state index contributed by atoms with van der Waals surface area (Å²) in [5.41, 5.74) is 0.346. The van der Waals surface area contributed by atoms with Crippen LogP contribution in [0.1, 0.15) is 10.4 Å². The molecule has 0 saturated carbocycles. The smallest absolute Gasteiger partial charge is 0.342 e. The van der Waals surface area contributed by atoms with E-state index >= 15 is 0 Å². The first-order valence-corrected chi connectivity index (χ1v) is 6.64. The molecule has 1 N–H and O–H groups in total. The molecule has 0 radical (unpaired) electrons. The van der Waals surface area contributed by atoms with Crippen LogP contribution in [0.25, 0.3) is 17.1 Å². The predicted molar refractivity (Wildman–Crippen MR) is 82.2 cm³/mol. The van der Waals surface area contributed by atoms with Crippen molar-refractivity contribution in [2.45, 2.75) is 0 Å². The number of aromatic carboxylic acids is 1. The zero-order chi connectivity index (χ0) is 15.5. The van der Waals surface area contributed by atoms with Crippen molar-refractivity contribution >= 4 is 5.97 Å². The van der Waals surface area contributed by atoms with Gasteiger partial charge in [-0.05, 0) is 12.1 Å². The third kappa shape index (κ3) is 2.40. The van der Waals surface area contributed by atoms with Gasteiger partial charge in [-0.3, -0.25) is 9.36 Å². The molecule has 0 spiro atoms. The Balaban J connectivity index is 2.35. The number of carboxylic acids is 1. The van der Waals surface area contributed by atoms with E-state index in [1.165, 1.54) is 4.57 Å². The second-order valence-corrected chi connectivity index (χ2v) is 4.64. The standard InChI is InChI=1S/C17H12N2O3/c20-16-14(17(21)22)11-18-15(12-7-3-1-4-8-12)19(16)13-9-5-2-6-10-13/h1-11H,(H,21,22). The highest BCUT2D eigenvalue weighted by atomic mass is 16.4. The molecule has 2 aromatic carbocycles. The number of carboxylic acid groups (broad SMARTS) is 1. The Hall–Kier alpha value is -3.21. The highest BCUT2D eigenvalue weighted by molar-refractivity contribution is 5.87.